The quantitative estimate of drug-likeness (QED) is 0.572. The highest BCUT2D eigenvalue weighted by atomic mass is 15.2. The molecule has 0 aromatic heterocycles. The monoisotopic (exact) mass is 126 g/mol. The van der Waals surface area contributed by atoms with E-state index in [4.69, 9.17) is 0 Å². The molecular formula is C7H14N2. The Bertz CT molecular complexity index is 97.1. The first kappa shape index (κ1) is 8.08. The maximum absolute atomic E-state index is 3.58. The van der Waals surface area contributed by atoms with E-state index in [1.807, 2.05) is 31.1 Å². The molecule has 1 aliphatic heterocycles. The van der Waals surface area contributed by atoms with Crippen LogP contribution in [-0.4, -0.2) is 11.6 Å². The van der Waals surface area contributed by atoms with Gasteiger partial charge in [-0.25, -0.2) is 0 Å². The summed E-state index contributed by atoms with van der Waals surface area (Å²) in [5, 5.41) is 3.00. The molecule has 0 saturated heterocycles. The Kier molecular flexibility index (Phi) is 4.69. The van der Waals surface area contributed by atoms with Crippen LogP contribution in [-0.2, 0) is 0 Å². The van der Waals surface area contributed by atoms with E-state index in [-0.39, 0.29) is 0 Å². The fourth-order valence-corrected chi connectivity index (χ4v) is 0.485. The van der Waals surface area contributed by atoms with Gasteiger partial charge < -0.3 is 10.2 Å². The molecule has 0 saturated carbocycles. The number of hydrogen-bond acceptors (Lipinski definition) is 2. The summed E-state index contributed by atoms with van der Waals surface area (Å²) < 4.78 is 0. The Morgan fingerprint density at radius 1 is 1.67 bits per heavy atom. The van der Waals surface area contributed by atoms with E-state index in [0.29, 0.717) is 0 Å². The molecule has 0 unspecified atom stereocenters. The van der Waals surface area contributed by atoms with Gasteiger partial charge in [0.25, 0.3) is 0 Å². The molecule has 0 aromatic carbocycles. The molecule has 1 aliphatic rings. The Balaban J connectivity index is 0.000000291. The van der Waals surface area contributed by atoms with Crippen molar-refractivity contribution in [1.29, 1.82) is 0 Å². The summed E-state index contributed by atoms with van der Waals surface area (Å²) in [5.41, 5.74) is 0. The van der Waals surface area contributed by atoms with E-state index in [0.717, 1.165) is 6.67 Å². The molecule has 0 radical (unpaired) electrons. The third kappa shape index (κ3) is 2.80. The SMILES string of the molecule is C=CN1C=CNC1.CC. The highest BCUT2D eigenvalue weighted by Crippen LogP contribution is 1.91. The van der Waals surface area contributed by atoms with E-state index in [1.54, 1.807) is 6.20 Å². The highest BCUT2D eigenvalue weighted by Gasteiger charge is 1.93. The number of rotatable bonds is 1. The largest absolute Gasteiger partial charge is 0.372 e. The summed E-state index contributed by atoms with van der Waals surface area (Å²) in [6.45, 7) is 8.44. The van der Waals surface area contributed by atoms with Crippen molar-refractivity contribution in [2.75, 3.05) is 6.67 Å². The normalized spacial score (nSPS) is 13.8. The van der Waals surface area contributed by atoms with Crippen LogP contribution in [0.3, 0.4) is 0 Å². The van der Waals surface area contributed by atoms with Crippen molar-refractivity contribution in [3.63, 3.8) is 0 Å². The summed E-state index contributed by atoms with van der Waals surface area (Å²) in [7, 11) is 0. The van der Waals surface area contributed by atoms with Crippen LogP contribution in [0.2, 0.25) is 0 Å². The van der Waals surface area contributed by atoms with Crippen LogP contribution in [0.4, 0.5) is 0 Å². The van der Waals surface area contributed by atoms with Crippen molar-refractivity contribution in [3.05, 3.63) is 25.2 Å². The van der Waals surface area contributed by atoms with E-state index in [2.05, 4.69) is 11.9 Å². The third-order valence-corrected chi connectivity index (χ3v) is 0.892. The lowest BCUT2D eigenvalue weighted by molar-refractivity contribution is 0.525. The molecule has 2 heteroatoms. The fourth-order valence-electron chi connectivity index (χ4n) is 0.485. The van der Waals surface area contributed by atoms with E-state index in [9.17, 15) is 0 Å². The second kappa shape index (κ2) is 5.22. The van der Waals surface area contributed by atoms with Crippen molar-refractivity contribution in [2.24, 2.45) is 0 Å². The molecule has 0 fully saturated rings. The first-order chi connectivity index (χ1) is 4.43. The van der Waals surface area contributed by atoms with Crippen LogP contribution in [0.25, 0.3) is 0 Å². The van der Waals surface area contributed by atoms with Gasteiger partial charge in [0.05, 0.1) is 6.67 Å². The van der Waals surface area contributed by atoms with Gasteiger partial charge in [0, 0.05) is 12.4 Å². The lowest BCUT2D eigenvalue weighted by Gasteiger charge is -2.04. The van der Waals surface area contributed by atoms with Gasteiger partial charge in [-0.3, -0.25) is 0 Å². The summed E-state index contributed by atoms with van der Waals surface area (Å²) >= 11 is 0. The smallest absolute Gasteiger partial charge is 0.0910 e. The zero-order chi connectivity index (χ0) is 7.11. The van der Waals surface area contributed by atoms with Crippen LogP contribution >= 0.6 is 0 Å². The van der Waals surface area contributed by atoms with Gasteiger partial charge in [0.1, 0.15) is 0 Å². The second-order valence-electron chi connectivity index (χ2n) is 1.37. The molecular weight excluding hydrogens is 112 g/mol. The minimum atomic E-state index is 0.865. The number of nitrogens with one attached hydrogen (secondary N) is 1. The Hall–Kier alpha value is -0.920. The fraction of sp³-hybridized carbons (Fsp3) is 0.429. The van der Waals surface area contributed by atoms with Gasteiger partial charge in [-0.05, 0) is 6.20 Å². The second-order valence-corrected chi connectivity index (χ2v) is 1.37. The first-order valence-electron chi connectivity index (χ1n) is 3.22. The van der Waals surface area contributed by atoms with Gasteiger partial charge in [-0.2, -0.15) is 0 Å². The third-order valence-electron chi connectivity index (χ3n) is 0.892. The van der Waals surface area contributed by atoms with Crippen LogP contribution < -0.4 is 5.32 Å². The average molecular weight is 126 g/mol. The maximum Gasteiger partial charge on any atom is 0.0910 e. The van der Waals surface area contributed by atoms with Gasteiger partial charge in [-0.1, -0.05) is 20.4 Å². The summed E-state index contributed by atoms with van der Waals surface area (Å²) in [6, 6.07) is 0. The zero-order valence-electron chi connectivity index (χ0n) is 6.09. The molecule has 0 amide bonds. The molecule has 2 nitrogen and oxygen atoms in total. The van der Waals surface area contributed by atoms with Gasteiger partial charge >= 0.3 is 0 Å². The molecule has 52 valence electrons. The predicted octanol–water partition coefficient (Wildman–Crippen LogP) is 1.49. The van der Waals surface area contributed by atoms with Crippen molar-refractivity contribution < 1.29 is 0 Å². The Morgan fingerprint density at radius 3 is 2.56 bits per heavy atom. The Labute approximate surface area is 56.9 Å². The topological polar surface area (TPSA) is 15.3 Å². The van der Waals surface area contributed by atoms with E-state index < -0.39 is 0 Å². The molecule has 0 atom stereocenters. The zero-order valence-corrected chi connectivity index (χ0v) is 6.09. The van der Waals surface area contributed by atoms with Crippen molar-refractivity contribution in [2.45, 2.75) is 13.8 Å². The Morgan fingerprint density at radius 2 is 2.33 bits per heavy atom. The lowest BCUT2D eigenvalue weighted by atomic mass is 10.8. The van der Waals surface area contributed by atoms with Crippen molar-refractivity contribution >= 4 is 0 Å². The number of nitrogens with zero attached hydrogens (tertiary/aromatic N) is 1. The average Bonchev–Trinajstić information content (AvgIpc) is 2.43. The molecule has 0 bridgehead atoms. The summed E-state index contributed by atoms with van der Waals surface area (Å²) in [4.78, 5) is 1.96. The molecule has 1 N–H and O–H groups in total. The van der Waals surface area contributed by atoms with Gasteiger partial charge in [-0.15, -0.1) is 0 Å². The lowest BCUT2D eigenvalue weighted by Crippen LogP contribution is -2.13. The standard InChI is InChI=1S/C5H8N2.C2H6/c1-2-7-4-3-6-5-7;1-2/h2-4,6H,1,5H2;1-2H3. The summed E-state index contributed by atoms with van der Waals surface area (Å²) in [6.07, 6.45) is 5.60. The maximum atomic E-state index is 3.58. The molecule has 0 aromatic rings. The molecule has 1 rings (SSSR count). The van der Waals surface area contributed by atoms with Gasteiger partial charge in [0.2, 0.25) is 0 Å². The molecule has 0 aliphatic carbocycles. The molecule has 9 heavy (non-hydrogen) atoms. The van der Waals surface area contributed by atoms with Gasteiger partial charge in [0.15, 0.2) is 0 Å². The van der Waals surface area contributed by atoms with Crippen LogP contribution in [0.15, 0.2) is 25.2 Å². The van der Waals surface area contributed by atoms with Crippen LogP contribution in [0.5, 0.6) is 0 Å². The first-order valence-corrected chi connectivity index (χ1v) is 3.22. The van der Waals surface area contributed by atoms with Crippen LogP contribution in [0.1, 0.15) is 13.8 Å². The molecule has 0 spiro atoms. The summed E-state index contributed by atoms with van der Waals surface area (Å²) in [5.74, 6) is 0. The van der Waals surface area contributed by atoms with Crippen LogP contribution in [0, 0.1) is 0 Å². The minimum absolute atomic E-state index is 0.865. The highest BCUT2D eigenvalue weighted by molar-refractivity contribution is 4.91. The van der Waals surface area contributed by atoms with Crippen molar-refractivity contribution in [1.82, 2.24) is 10.2 Å². The minimum Gasteiger partial charge on any atom is -0.372 e. The van der Waals surface area contributed by atoms with E-state index in [1.165, 1.54) is 0 Å². The number of hydrogen-bond donors (Lipinski definition) is 1. The van der Waals surface area contributed by atoms with Crippen molar-refractivity contribution in [3.8, 4) is 0 Å². The molecule has 1 heterocycles. The van der Waals surface area contributed by atoms with E-state index >= 15 is 0 Å². The predicted molar refractivity (Wildman–Crippen MR) is 40.5 cm³/mol.